The second kappa shape index (κ2) is 5.09. The Balaban J connectivity index is 2.27. The van der Waals surface area contributed by atoms with Crippen LogP contribution in [0.1, 0.15) is 18.3 Å². The van der Waals surface area contributed by atoms with Gasteiger partial charge in [0.15, 0.2) is 11.3 Å². The van der Waals surface area contributed by atoms with E-state index in [4.69, 9.17) is 0 Å². The number of hydrogen-bond donors (Lipinski definition) is 0. The van der Waals surface area contributed by atoms with Crippen molar-refractivity contribution in [3.05, 3.63) is 52.2 Å². The molecule has 0 amide bonds. The van der Waals surface area contributed by atoms with Crippen LogP contribution in [0.2, 0.25) is 0 Å². The van der Waals surface area contributed by atoms with Crippen molar-refractivity contribution in [1.29, 1.82) is 0 Å². The van der Waals surface area contributed by atoms with Crippen molar-refractivity contribution in [1.82, 2.24) is 19.5 Å². The van der Waals surface area contributed by atoms with Gasteiger partial charge in [-0.15, -0.1) is 0 Å². The number of rotatable bonds is 2. The van der Waals surface area contributed by atoms with Gasteiger partial charge >= 0.3 is 0 Å². The topological polar surface area (TPSA) is 60.7 Å². The summed E-state index contributed by atoms with van der Waals surface area (Å²) in [5, 5.41) is 0.547. The molecule has 0 fully saturated rings. The van der Waals surface area contributed by atoms with E-state index in [0.29, 0.717) is 16.9 Å². The summed E-state index contributed by atoms with van der Waals surface area (Å²) in [7, 11) is 0. The SMILES string of the molecule is CCn1ccc(=O)c2cnc(-c3cc(C)nc(C)c3)nc21. The Hall–Kier alpha value is -2.56. The van der Waals surface area contributed by atoms with Crippen LogP contribution in [0.5, 0.6) is 0 Å². The number of aryl methyl sites for hydroxylation is 3. The largest absolute Gasteiger partial charge is 0.332 e. The molecule has 0 atom stereocenters. The van der Waals surface area contributed by atoms with Crippen molar-refractivity contribution >= 4 is 11.0 Å². The van der Waals surface area contributed by atoms with Crippen LogP contribution in [0.25, 0.3) is 22.4 Å². The predicted octanol–water partition coefficient (Wildman–Crippen LogP) is 2.49. The second-order valence-electron chi connectivity index (χ2n) is 5.04. The summed E-state index contributed by atoms with van der Waals surface area (Å²) in [6.45, 7) is 6.66. The molecule has 0 spiro atoms. The minimum absolute atomic E-state index is 0.0525. The summed E-state index contributed by atoms with van der Waals surface area (Å²) in [5.74, 6) is 0.615. The Morgan fingerprint density at radius 2 is 1.86 bits per heavy atom. The van der Waals surface area contributed by atoms with Crippen molar-refractivity contribution < 1.29 is 0 Å². The molecule has 3 rings (SSSR count). The number of nitrogens with zero attached hydrogens (tertiary/aromatic N) is 4. The molecule has 21 heavy (non-hydrogen) atoms. The third kappa shape index (κ3) is 2.42. The van der Waals surface area contributed by atoms with E-state index in [2.05, 4.69) is 15.0 Å². The first-order valence-corrected chi connectivity index (χ1v) is 6.90. The highest BCUT2D eigenvalue weighted by Crippen LogP contribution is 2.18. The van der Waals surface area contributed by atoms with Gasteiger partial charge in [-0.05, 0) is 32.9 Å². The average Bonchev–Trinajstić information content (AvgIpc) is 2.46. The predicted molar refractivity (Wildman–Crippen MR) is 82.2 cm³/mol. The summed E-state index contributed by atoms with van der Waals surface area (Å²) in [6.07, 6.45) is 3.38. The first kappa shape index (κ1) is 13.4. The van der Waals surface area contributed by atoms with Gasteiger partial charge in [-0.3, -0.25) is 9.78 Å². The normalized spacial score (nSPS) is 11.0. The summed E-state index contributed by atoms with van der Waals surface area (Å²) in [4.78, 5) is 25.2. The van der Waals surface area contributed by atoms with E-state index in [1.54, 1.807) is 18.5 Å². The lowest BCUT2D eigenvalue weighted by atomic mass is 10.2. The molecule has 3 aromatic rings. The van der Waals surface area contributed by atoms with E-state index in [1.807, 2.05) is 37.5 Å². The molecular formula is C16H16N4O. The van der Waals surface area contributed by atoms with Crippen molar-refractivity contribution in [2.75, 3.05) is 0 Å². The molecule has 0 radical (unpaired) electrons. The highest BCUT2D eigenvalue weighted by Gasteiger charge is 2.09. The maximum absolute atomic E-state index is 11.9. The lowest BCUT2D eigenvalue weighted by Crippen LogP contribution is -2.10. The summed E-state index contributed by atoms with van der Waals surface area (Å²) >= 11 is 0. The van der Waals surface area contributed by atoms with Crippen molar-refractivity contribution in [3.63, 3.8) is 0 Å². The van der Waals surface area contributed by atoms with E-state index in [0.717, 1.165) is 23.5 Å². The van der Waals surface area contributed by atoms with Crippen LogP contribution in [0, 0.1) is 13.8 Å². The average molecular weight is 280 g/mol. The van der Waals surface area contributed by atoms with Crippen LogP contribution in [-0.4, -0.2) is 19.5 Å². The van der Waals surface area contributed by atoms with Crippen LogP contribution in [0.15, 0.2) is 35.4 Å². The number of pyridine rings is 2. The van der Waals surface area contributed by atoms with Gasteiger partial charge in [-0.25, -0.2) is 9.97 Å². The van der Waals surface area contributed by atoms with E-state index < -0.39 is 0 Å². The Morgan fingerprint density at radius 1 is 1.14 bits per heavy atom. The molecule has 0 aliphatic rings. The van der Waals surface area contributed by atoms with Crippen LogP contribution < -0.4 is 5.43 Å². The zero-order chi connectivity index (χ0) is 15.0. The van der Waals surface area contributed by atoms with E-state index in [1.165, 1.54) is 0 Å². The van der Waals surface area contributed by atoms with Crippen molar-refractivity contribution in [2.45, 2.75) is 27.3 Å². The highest BCUT2D eigenvalue weighted by atomic mass is 16.1. The molecule has 0 aliphatic carbocycles. The van der Waals surface area contributed by atoms with Gasteiger partial charge in [0.1, 0.15) is 5.65 Å². The van der Waals surface area contributed by atoms with Crippen LogP contribution >= 0.6 is 0 Å². The van der Waals surface area contributed by atoms with Crippen LogP contribution in [0.4, 0.5) is 0 Å². The summed E-state index contributed by atoms with van der Waals surface area (Å²) < 4.78 is 1.95. The van der Waals surface area contributed by atoms with Crippen molar-refractivity contribution in [3.8, 4) is 11.4 Å². The standard InChI is InChI=1S/C16H16N4O/c1-4-20-6-5-14(21)13-9-17-15(19-16(13)20)12-7-10(2)18-11(3)8-12/h5-9H,4H2,1-3H3. The lowest BCUT2D eigenvalue weighted by molar-refractivity contribution is 0.776. The molecule has 0 saturated carbocycles. The summed E-state index contributed by atoms with van der Waals surface area (Å²) in [6, 6.07) is 5.45. The maximum atomic E-state index is 11.9. The number of hydrogen-bond acceptors (Lipinski definition) is 4. The minimum atomic E-state index is -0.0525. The zero-order valence-corrected chi connectivity index (χ0v) is 12.3. The molecule has 5 nitrogen and oxygen atoms in total. The molecule has 0 bridgehead atoms. The fourth-order valence-corrected chi connectivity index (χ4v) is 2.44. The van der Waals surface area contributed by atoms with Gasteiger partial charge in [0.2, 0.25) is 0 Å². The van der Waals surface area contributed by atoms with Gasteiger partial charge < -0.3 is 4.57 Å². The van der Waals surface area contributed by atoms with E-state index in [9.17, 15) is 4.79 Å². The van der Waals surface area contributed by atoms with E-state index >= 15 is 0 Å². The monoisotopic (exact) mass is 280 g/mol. The molecule has 5 heteroatoms. The first-order chi connectivity index (χ1) is 10.1. The molecule has 3 heterocycles. The third-order valence-electron chi connectivity index (χ3n) is 3.39. The Morgan fingerprint density at radius 3 is 2.52 bits per heavy atom. The molecular weight excluding hydrogens is 264 g/mol. The molecule has 0 aliphatic heterocycles. The molecule has 106 valence electrons. The second-order valence-corrected chi connectivity index (χ2v) is 5.04. The Bertz CT molecular complexity index is 863. The molecule has 0 aromatic carbocycles. The lowest BCUT2D eigenvalue weighted by Gasteiger charge is -2.09. The Kier molecular flexibility index (Phi) is 3.25. The zero-order valence-electron chi connectivity index (χ0n) is 12.3. The Labute approximate surface area is 122 Å². The van der Waals surface area contributed by atoms with Gasteiger partial charge in [-0.1, -0.05) is 0 Å². The van der Waals surface area contributed by atoms with Gasteiger partial charge in [0.05, 0.1) is 5.39 Å². The van der Waals surface area contributed by atoms with Crippen molar-refractivity contribution in [2.24, 2.45) is 0 Å². The quantitative estimate of drug-likeness (QED) is 0.723. The number of fused-ring (bicyclic) bond motifs is 1. The van der Waals surface area contributed by atoms with E-state index in [-0.39, 0.29) is 5.43 Å². The van der Waals surface area contributed by atoms with Gasteiger partial charge in [0.25, 0.3) is 0 Å². The molecule has 0 unspecified atom stereocenters. The van der Waals surface area contributed by atoms with Crippen LogP contribution in [-0.2, 0) is 6.54 Å². The number of aromatic nitrogens is 4. The maximum Gasteiger partial charge on any atom is 0.192 e. The molecule has 0 saturated heterocycles. The fourth-order valence-electron chi connectivity index (χ4n) is 2.44. The molecule has 3 aromatic heterocycles. The summed E-state index contributed by atoms with van der Waals surface area (Å²) in [5.41, 5.74) is 3.38. The van der Waals surface area contributed by atoms with Gasteiger partial charge in [0, 0.05) is 42.0 Å². The smallest absolute Gasteiger partial charge is 0.192 e. The minimum Gasteiger partial charge on any atom is -0.332 e. The third-order valence-corrected chi connectivity index (χ3v) is 3.39. The van der Waals surface area contributed by atoms with Gasteiger partial charge in [-0.2, -0.15) is 0 Å². The fraction of sp³-hybridized carbons (Fsp3) is 0.250. The van der Waals surface area contributed by atoms with Crippen LogP contribution in [0.3, 0.4) is 0 Å². The highest BCUT2D eigenvalue weighted by molar-refractivity contribution is 5.76. The molecule has 0 N–H and O–H groups in total. The first-order valence-electron chi connectivity index (χ1n) is 6.90.